The number of nitrogens with zero attached hydrogens (tertiary/aromatic N) is 3. The van der Waals surface area contributed by atoms with Crippen molar-refractivity contribution in [2.75, 3.05) is 6.54 Å². The minimum absolute atomic E-state index is 0.0580. The maximum atomic E-state index is 13.8. The highest BCUT2D eigenvalue weighted by molar-refractivity contribution is 7.14. The van der Waals surface area contributed by atoms with Gasteiger partial charge in [0.2, 0.25) is 6.41 Å². The summed E-state index contributed by atoms with van der Waals surface area (Å²) in [4.78, 5) is 40.9. The summed E-state index contributed by atoms with van der Waals surface area (Å²) in [6, 6.07) is 13.9. The summed E-state index contributed by atoms with van der Waals surface area (Å²) in [5, 5.41) is 7.13. The van der Waals surface area contributed by atoms with Crippen LogP contribution < -0.4 is 5.32 Å². The minimum atomic E-state index is -4.62. The van der Waals surface area contributed by atoms with Crippen LogP contribution in [0.3, 0.4) is 0 Å². The van der Waals surface area contributed by atoms with E-state index in [1.165, 1.54) is 41.7 Å². The Labute approximate surface area is 246 Å². The van der Waals surface area contributed by atoms with E-state index in [-0.39, 0.29) is 24.1 Å². The van der Waals surface area contributed by atoms with Crippen LogP contribution in [0.1, 0.15) is 54.9 Å². The smallest absolute Gasteiger partial charge is 0.346 e. The van der Waals surface area contributed by atoms with Crippen LogP contribution >= 0.6 is 11.3 Å². The number of rotatable bonds is 11. The predicted molar refractivity (Wildman–Crippen MR) is 155 cm³/mol. The Morgan fingerprint density at radius 3 is 2.43 bits per heavy atom. The summed E-state index contributed by atoms with van der Waals surface area (Å²) in [5.41, 5.74) is 2.04. The van der Waals surface area contributed by atoms with Crippen molar-refractivity contribution in [3.63, 3.8) is 0 Å². The molecule has 3 amide bonds. The van der Waals surface area contributed by atoms with Gasteiger partial charge in [-0.1, -0.05) is 49.7 Å². The maximum Gasteiger partial charge on any atom is 0.416 e. The molecule has 0 aliphatic carbocycles. The first-order valence-electron chi connectivity index (χ1n) is 13.4. The van der Waals surface area contributed by atoms with Crippen molar-refractivity contribution in [1.82, 2.24) is 20.0 Å². The monoisotopic (exact) mass is 596 g/mol. The van der Waals surface area contributed by atoms with Crippen molar-refractivity contribution in [3.8, 4) is 11.3 Å². The Kier molecular flexibility index (Phi) is 9.62. The van der Waals surface area contributed by atoms with Crippen molar-refractivity contribution in [3.05, 3.63) is 98.9 Å². The van der Waals surface area contributed by atoms with E-state index in [2.05, 4.69) is 10.4 Å². The topological polar surface area (TPSA) is 84.3 Å². The molecule has 0 fully saturated rings. The third-order valence-electron chi connectivity index (χ3n) is 6.84. The van der Waals surface area contributed by atoms with Crippen molar-refractivity contribution < 1.29 is 27.6 Å². The fraction of sp³-hybridized carbons (Fsp3) is 0.290. The highest BCUT2D eigenvalue weighted by Gasteiger charge is 2.34. The van der Waals surface area contributed by atoms with Gasteiger partial charge < -0.3 is 5.32 Å². The third-order valence-corrected chi connectivity index (χ3v) is 8.03. The molecule has 0 saturated heterocycles. The van der Waals surface area contributed by atoms with Crippen LogP contribution in [0.2, 0.25) is 0 Å². The van der Waals surface area contributed by atoms with Crippen LogP contribution in [0.25, 0.3) is 11.3 Å². The van der Waals surface area contributed by atoms with E-state index >= 15 is 0 Å². The lowest BCUT2D eigenvalue weighted by Gasteiger charge is -2.25. The molecule has 0 bridgehead atoms. The first-order chi connectivity index (χ1) is 20.0. The van der Waals surface area contributed by atoms with Crippen LogP contribution in [-0.4, -0.2) is 45.5 Å². The number of aromatic nitrogens is 2. The Morgan fingerprint density at radius 2 is 1.81 bits per heavy atom. The number of amides is 3. The fourth-order valence-electron chi connectivity index (χ4n) is 4.90. The molecule has 0 aliphatic rings. The number of thiophene rings is 1. The van der Waals surface area contributed by atoms with E-state index in [1.54, 1.807) is 35.1 Å². The number of carbonyl (C=O) groups is 3. The van der Waals surface area contributed by atoms with E-state index < -0.39 is 29.6 Å². The number of hydrogen-bond donors (Lipinski definition) is 1. The normalized spacial score (nSPS) is 12.1. The molecule has 7 nitrogen and oxygen atoms in total. The molecule has 42 heavy (non-hydrogen) atoms. The third kappa shape index (κ3) is 6.96. The quantitative estimate of drug-likeness (QED) is 0.213. The van der Waals surface area contributed by atoms with Crippen LogP contribution in [0, 0.1) is 6.92 Å². The van der Waals surface area contributed by atoms with Crippen molar-refractivity contribution in [2.24, 2.45) is 7.05 Å². The van der Waals surface area contributed by atoms with Gasteiger partial charge in [-0.3, -0.25) is 24.0 Å². The number of alkyl halides is 3. The highest BCUT2D eigenvalue weighted by Crippen LogP contribution is 2.35. The van der Waals surface area contributed by atoms with E-state index in [9.17, 15) is 27.6 Å². The predicted octanol–water partition coefficient (Wildman–Crippen LogP) is 6.07. The Hall–Kier alpha value is -4.25. The van der Waals surface area contributed by atoms with E-state index in [1.807, 2.05) is 20.9 Å². The molecule has 0 saturated carbocycles. The Balaban J connectivity index is 1.68. The average molecular weight is 597 g/mol. The summed E-state index contributed by atoms with van der Waals surface area (Å²) in [5.74, 6) is -1.12. The molecule has 2 heterocycles. The van der Waals surface area contributed by atoms with Crippen LogP contribution in [-0.2, 0) is 30.9 Å². The molecule has 0 unspecified atom stereocenters. The van der Waals surface area contributed by atoms with Crippen LogP contribution in [0.4, 0.5) is 13.2 Å². The molecule has 2 aromatic carbocycles. The summed E-state index contributed by atoms with van der Waals surface area (Å²) in [7, 11) is 1.82. The maximum absolute atomic E-state index is 13.8. The first-order valence-corrected chi connectivity index (χ1v) is 14.2. The number of carbonyl (C=O) groups excluding carboxylic acids is 3. The molecule has 220 valence electrons. The summed E-state index contributed by atoms with van der Waals surface area (Å²) < 4.78 is 43.2. The molecule has 0 spiro atoms. The van der Waals surface area contributed by atoms with Gasteiger partial charge in [-0.15, -0.1) is 11.3 Å². The van der Waals surface area contributed by atoms with Gasteiger partial charge in [-0.25, -0.2) is 0 Å². The van der Waals surface area contributed by atoms with E-state index in [0.29, 0.717) is 11.3 Å². The highest BCUT2D eigenvalue weighted by atomic mass is 32.1. The second-order valence-corrected chi connectivity index (χ2v) is 11.1. The zero-order valence-electron chi connectivity index (χ0n) is 23.4. The average Bonchev–Trinajstić information content (AvgIpc) is 3.53. The second-order valence-electron chi connectivity index (χ2n) is 9.96. The molecule has 1 N–H and O–H groups in total. The van der Waals surface area contributed by atoms with Gasteiger partial charge in [0.15, 0.2) is 0 Å². The van der Waals surface area contributed by atoms with E-state index in [4.69, 9.17) is 0 Å². The van der Waals surface area contributed by atoms with E-state index in [0.717, 1.165) is 45.5 Å². The van der Waals surface area contributed by atoms with Crippen molar-refractivity contribution in [2.45, 2.75) is 45.3 Å². The van der Waals surface area contributed by atoms with Gasteiger partial charge in [0, 0.05) is 29.6 Å². The molecule has 0 aliphatic heterocycles. The largest absolute Gasteiger partial charge is 0.416 e. The summed E-state index contributed by atoms with van der Waals surface area (Å²) in [6.07, 6.45) is -1.22. The molecule has 1 atom stereocenters. The molecule has 11 heteroatoms. The van der Waals surface area contributed by atoms with Gasteiger partial charge in [-0.05, 0) is 55.2 Å². The van der Waals surface area contributed by atoms with Gasteiger partial charge in [0.25, 0.3) is 11.8 Å². The van der Waals surface area contributed by atoms with Crippen LogP contribution in [0.5, 0.6) is 0 Å². The molecule has 4 rings (SSSR count). The Morgan fingerprint density at radius 1 is 1.12 bits per heavy atom. The molecule has 0 radical (unpaired) electrons. The molecule has 4 aromatic rings. The van der Waals surface area contributed by atoms with Gasteiger partial charge in [0.1, 0.15) is 0 Å². The van der Waals surface area contributed by atoms with Gasteiger partial charge in [-0.2, -0.15) is 18.3 Å². The van der Waals surface area contributed by atoms with Crippen molar-refractivity contribution >= 4 is 29.6 Å². The number of imide groups is 1. The lowest BCUT2D eigenvalue weighted by atomic mass is 9.99. The SMILES string of the molecule is CCCc1sc(C(=O)N[C@@H](Cc2ccccc2C(F)(F)F)CN(C=O)C(=O)c2ccccc2)cc1-c1c(C)cnn1C. The zero-order chi connectivity index (χ0) is 30.4. The lowest BCUT2D eigenvalue weighted by molar-refractivity contribution is -0.138. The molecular weight excluding hydrogens is 565 g/mol. The number of halogens is 3. The zero-order valence-corrected chi connectivity index (χ0v) is 24.3. The molecular formula is C31H31F3N4O3S. The first kappa shape index (κ1) is 30.7. The standard InChI is InChI=1S/C31H31F3N4O3S/c1-4-10-26-24(28-20(2)17-35-37(28)3)16-27(42-26)29(40)36-23(15-22-13-8-9-14-25(22)31(32,33)34)18-38(19-39)30(41)21-11-6-5-7-12-21/h5-9,11-14,16-17,19,23H,4,10,15,18H2,1-3H3,(H,36,40)/t23-/m0/s1. The van der Waals surface area contributed by atoms with Gasteiger partial charge in [0.05, 0.1) is 28.4 Å². The fourth-order valence-corrected chi connectivity index (χ4v) is 6.07. The van der Waals surface area contributed by atoms with Gasteiger partial charge >= 0.3 is 6.18 Å². The number of nitrogens with one attached hydrogen (secondary N) is 1. The summed E-state index contributed by atoms with van der Waals surface area (Å²) >= 11 is 1.31. The number of hydrogen-bond acceptors (Lipinski definition) is 5. The lowest BCUT2D eigenvalue weighted by Crippen LogP contribution is -2.46. The minimum Gasteiger partial charge on any atom is -0.346 e. The van der Waals surface area contributed by atoms with Crippen molar-refractivity contribution in [1.29, 1.82) is 0 Å². The second kappa shape index (κ2) is 13.2. The Bertz CT molecular complexity index is 1540. The summed E-state index contributed by atoms with van der Waals surface area (Å²) in [6.45, 7) is 3.64. The number of benzene rings is 2. The number of aryl methyl sites for hydroxylation is 3. The molecule has 2 aromatic heterocycles. The van der Waals surface area contributed by atoms with Crippen LogP contribution in [0.15, 0.2) is 66.9 Å².